The fourth-order valence-corrected chi connectivity index (χ4v) is 1.88. The number of aliphatic hydroxyl groups excluding tert-OH is 1. The Morgan fingerprint density at radius 2 is 1.64 bits per heavy atom. The minimum Gasteiger partial charge on any atom is -0.395 e. The number of hydrogen-bond donors (Lipinski definition) is 3. The van der Waals surface area contributed by atoms with E-state index in [1.807, 2.05) is 0 Å². The van der Waals surface area contributed by atoms with Gasteiger partial charge >= 0.3 is 12.4 Å². The van der Waals surface area contributed by atoms with Gasteiger partial charge in [-0.05, 0) is 12.1 Å². The highest BCUT2D eigenvalue weighted by Gasteiger charge is 2.35. The molecule has 2 aromatic rings. The minimum absolute atomic E-state index is 0.125. The van der Waals surface area contributed by atoms with E-state index in [9.17, 15) is 26.3 Å². The molecule has 0 aliphatic carbocycles. The van der Waals surface area contributed by atoms with Crippen LogP contribution in [-0.4, -0.2) is 28.2 Å². The number of hydrogen-bond acceptors (Lipinski definition) is 5. The third-order valence-electron chi connectivity index (χ3n) is 2.91. The summed E-state index contributed by atoms with van der Waals surface area (Å²) < 4.78 is 77.6. The summed E-state index contributed by atoms with van der Waals surface area (Å²) in [6, 6.07) is 4.81. The van der Waals surface area contributed by atoms with Crippen LogP contribution in [-0.2, 0) is 12.4 Å². The van der Waals surface area contributed by atoms with Crippen LogP contribution in [0.1, 0.15) is 11.3 Å². The fourth-order valence-electron chi connectivity index (χ4n) is 1.88. The summed E-state index contributed by atoms with van der Waals surface area (Å²) in [6.45, 7) is -0.515. The Morgan fingerprint density at radius 1 is 0.960 bits per heavy atom. The van der Waals surface area contributed by atoms with Crippen molar-refractivity contribution in [1.82, 2.24) is 9.97 Å². The van der Waals surface area contributed by atoms with Gasteiger partial charge in [0.15, 0.2) is 5.69 Å². The monoisotopic (exact) mass is 366 g/mol. The Bertz CT molecular complexity index is 732. The van der Waals surface area contributed by atoms with Crippen molar-refractivity contribution in [2.45, 2.75) is 12.4 Å². The number of halogens is 6. The Labute approximate surface area is 137 Å². The highest BCUT2D eigenvalue weighted by atomic mass is 19.4. The Hall–Kier alpha value is -2.56. The number of para-hydroxylation sites is 1. The molecule has 0 radical (unpaired) electrons. The zero-order valence-corrected chi connectivity index (χ0v) is 12.4. The van der Waals surface area contributed by atoms with E-state index in [2.05, 4.69) is 20.6 Å². The molecular weight excluding hydrogens is 354 g/mol. The van der Waals surface area contributed by atoms with Gasteiger partial charge in [0.05, 0.1) is 17.9 Å². The first-order valence-electron chi connectivity index (χ1n) is 6.85. The minimum atomic E-state index is -4.82. The number of nitrogens with one attached hydrogen (secondary N) is 2. The van der Waals surface area contributed by atoms with Crippen LogP contribution in [0, 0.1) is 0 Å². The summed E-state index contributed by atoms with van der Waals surface area (Å²) in [5.74, 6) is -0.949. The van der Waals surface area contributed by atoms with Crippen LogP contribution in [0.4, 0.5) is 43.8 Å². The van der Waals surface area contributed by atoms with E-state index in [0.29, 0.717) is 6.07 Å². The van der Waals surface area contributed by atoms with Gasteiger partial charge in [-0.15, -0.1) is 0 Å². The lowest BCUT2D eigenvalue weighted by molar-refractivity contribution is -0.141. The molecule has 3 N–H and O–H groups in total. The summed E-state index contributed by atoms with van der Waals surface area (Å²) in [6.07, 6.45) is -9.51. The van der Waals surface area contributed by atoms with Gasteiger partial charge in [-0.2, -0.15) is 31.3 Å². The molecule has 0 atom stereocenters. The van der Waals surface area contributed by atoms with E-state index >= 15 is 0 Å². The number of anilines is 3. The van der Waals surface area contributed by atoms with Crippen LogP contribution in [0.2, 0.25) is 0 Å². The summed E-state index contributed by atoms with van der Waals surface area (Å²) in [5, 5.41) is 13.3. The fraction of sp³-hybridized carbons (Fsp3) is 0.286. The number of aromatic nitrogens is 2. The quantitative estimate of drug-likeness (QED) is 0.705. The van der Waals surface area contributed by atoms with Gasteiger partial charge in [0, 0.05) is 12.6 Å². The largest absolute Gasteiger partial charge is 0.433 e. The molecule has 0 spiro atoms. The molecular formula is C14H12F6N4O. The second-order valence-electron chi connectivity index (χ2n) is 4.78. The molecule has 25 heavy (non-hydrogen) atoms. The predicted octanol–water partition coefficient (Wildman–Crippen LogP) is 3.66. The topological polar surface area (TPSA) is 70.1 Å². The van der Waals surface area contributed by atoms with Gasteiger partial charge in [-0.1, -0.05) is 12.1 Å². The van der Waals surface area contributed by atoms with Crippen molar-refractivity contribution in [3.63, 3.8) is 0 Å². The van der Waals surface area contributed by atoms with Crippen molar-refractivity contribution < 1.29 is 31.4 Å². The average molecular weight is 366 g/mol. The molecule has 0 unspecified atom stereocenters. The van der Waals surface area contributed by atoms with Gasteiger partial charge in [-0.25, -0.2) is 4.98 Å². The van der Waals surface area contributed by atoms with Crippen molar-refractivity contribution >= 4 is 17.5 Å². The maximum Gasteiger partial charge on any atom is 0.433 e. The van der Waals surface area contributed by atoms with E-state index in [1.54, 1.807) is 0 Å². The lowest BCUT2D eigenvalue weighted by Gasteiger charge is -2.16. The first-order valence-corrected chi connectivity index (χ1v) is 6.85. The van der Waals surface area contributed by atoms with Crippen LogP contribution in [0.25, 0.3) is 0 Å². The zero-order valence-electron chi connectivity index (χ0n) is 12.4. The summed E-state index contributed by atoms with van der Waals surface area (Å²) >= 11 is 0. The highest BCUT2D eigenvalue weighted by molar-refractivity contribution is 5.62. The molecule has 0 amide bonds. The SMILES string of the molecule is OCCNc1nc(Nc2ccccc2C(F)(F)F)cc(C(F)(F)F)n1. The number of rotatable bonds is 5. The molecule has 11 heteroatoms. The molecule has 0 aliphatic rings. The van der Waals surface area contributed by atoms with E-state index in [1.165, 1.54) is 6.07 Å². The van der Waals surface area contributed by atoms with E-state index in [0.717, 1.165) is 18.2 Å². The van der Waals surface area contributed by atoms with Gasteiger partial charge in [0.25, 0.3) is 0 Å². The molecule has 0 saturated heterocycles. The number of nitrogens with zero attached hydrogens (tertiary/aromatic N) is 2. The van der Waals surface area contributed by atoms with E-state index < -0.39 is 41.1 Å². The third-order valence-corrected chi connectivity index (χ3v) is 2.91. The third kappa shape index (κ3) is 4.95. The summed E-state index contributed by atoms with van der Waals surface area (Å²) in [4.78, 5) is 6.93. The lowest BCUT2D eigenvalue weighted by atomic mass is 10.1. The Balaban J connectivity index is 2.42. The molecule has 1 aromatic carbocycles. The lowest BCUT2D eigenvalue weighted by Crippen LogP contribution is -2.15. The summed E-state index contributed by atoms with van der Waals surface area (Å²) in [7, 11) is 0. The number of alkyl halides is 6. The second kappa shape index (κ2) is 7.13. The smallest absolute Gasteiger partial charge is 0.395 e. The molecule has 136 valence electrons. The highest BCUT2D eigenvalue weighted by Crippen LogP contribution is 2.36. The molecule has 0 fully saturated rings. The van der Waals surface area contributed by atoms with Gasteiger partial charge in [0.1, 0.15) is 5.82 Å². The summed E-state index contributed by atoms with van der Waals surface area (Å²) in [5.41, 5.74) is -2.84. The maximum absolute atomic E-state index is 13.0. The van der Waals surface area contributed by atoms with Crippen molar-refractivity contribution in [1.29, 1.82) is 0 Å². The Kier molecular flexibility index (Phi) is 5.36. The van der Waals surface area contributed by atoms with Gasteiger partial charge in [-0.3, -0.25) is 0 Å². The molecule has 0 saturated carbocycles. The molecule has 1 aromatic heterocycles. The zero-order chi connectivity index (χ0) is 18.7. The predicted molar refractivity (Wildman–Crippen MR) is 77.3 cm³/mol. The molecule has 2 rings (SSSR count). The van der Waals surface area contributed by atoms with Gasteiger partial charge in [0.2, 0.25) is 5.95 Å². The second-order valence-corrected chi connectivity index (χ2v) is 4.78. The normalized spacial score (nSPS) is 12.1. The maximum atomic E-state index is 13.0. The van der Waals surface area contributed by atoms with Crippen molar-refractivity contribution in [2.24, 2.45) is 0 Å². The van der Waals surface area contributed by atoms with Crippen LogP contribution < -0.4 is 10.6 Å². The van der Waals surface area contributed by atoms with Gasteiger partial charge < -0.3 is 15.7 Å². The molecule has 0 bridgehead atoms. The van der Waals surface area contributed by atoms with Crippen LogP contribution in [0.5, 0.6) is 0 Å². The van der Waals surface area contributed by atoms with E-state index in [4.69, 9.17) is 5.11 Å². The molecule has 1 heterocycles. The molecule has 5 nitrogen and oxygen atoms in total. The first-order chi connectivity index (χ1) is 11.6. The van der Waals surface area contributed by atoms with Crippen molar-refractivity contribution in [3.05, 3.63) is 41.6 Å². The number of aliphatic hydroxyl groups is 1. The van der Waals surface area contributed by atoms with Crippen molar-refractivity contribution in [3.8, 4) is 0 Å². The van der Waals surface area contributed by atoms with Crippen molar-refractivity contribution in [2.75, 3.05) is 23.8 Å². The standard InChI is InChI=1S/C14H12F6N4O/c15-13(16,17)8-3-1-2-4-9(8)22-11-7-10(14(18,19)20)23-12(24-11)21-5-6-25/h1-4,7,25H,5-6H2,(H2,21,22,23,24). The van der Waals surface area contributed by atoms with Crippen LogP contribution in [0.3, 0.4) is 0 Å². The number of benzene rings is 1. The Morgan fingerprint density at radius 3 is 2.24 bits per heavy atom. The molecule has 0 aliphatic heterocycles. The van der Waals surface area contributed by atoms with Crippen LogP contribution >= 0.6 is 0 Å². The first kappa shape index (κ1) is 18.8. The average Bonchev–Trinajstić information content (AvgIpc) is 2.51. The van der Waals surface area contributed by atoms with E-state index in [-0.39, 0.29) is 13.2 Å². The van der Waals surface area contributed by atoms with Crippen LogP contribution in [0.15, 0.2) is 30.3 Å².